The fourth-order valence-electron chi connectivity index (χ4n) is 4.08. The lowest BCUT2D eigenvalue weighted by molar-refractivity contribution is 0.133. The second-order valence-electron chi connectivity index (χ2n) is 8.07. The molecule has 32 heavy (non-hydrogen) atoms. The summed E-state index contributed by atoms with van der Waals surface area (Å²) in [4.78, 5) is 18.0. The van der Waals surface area contributed by atoms with E-state index in [-0.39, 0.29) is 0 Å². The Morgan fingerprint density at radius 2 is 1.88 bits per heavy atom. The molecule has 4 aromatic rings. The van der Waals surface area contributed by atoms with E-state index in [0.717, 1.165) is 54.4 Å². The highest BCUT2D eigenvalue weighted by Gasteiger charge is 2.16. The van der Waals surface area contributed by atoms with Crippen LogP contribution in [0.3, 0.4) is 0 Å². The lowest BCUT2D eigenvalue weighted by Gasteiger charge is -2.32. The lowest BCUT2D eigenvalue weighted by atomic mass is 10.1. The van der Waals surface area contributed by atoms with Gasteiger partial charge in [0, 0.05) is 73.5 Å². The van der Waals surface area contributed by atoms with E-state index in [0.29, 0.717) is 29.7 Å². The van der Waals surface area contributed by atoms with Crippen LogP contribution in [-0.4, -0.2) is 82.8 Å². The molecule has 4 heterocycles. The quantitative estimate of drug-likeness (QED) is 0.463. The highest BCUT2D eigenvalue weighted by molar-refractivity contribution is 6.09. The number of anilines is 1. The molecule has 0 aliphatic carbocycles. The summed E-state index contributed by atoms with van der Waals surface area (Å²) in [6, 6.07) is 5.89. The van der Waals surface area contributed by atoms with Crippen LogP contribution in [0.1, 0.15) is 0 Å². The molecule has 0 bridgehead atoms. The zero-order valence-electron chi connectivity index (χ0n) is 18.4. The molecule has 0 radical (unpaired) electrons. The summed E-state index contributed by atoms with van der Waals surface area (Å²) in [5, 5.41) is 2.68. The largest absolute Gasteiger partial charge is 0.493 e. The molecular formula is C23H27N7O2. The summed E-state index contributed by atoms with van der Waals surface area (Å²) >= 11 is 0. The summed E-state index contributed by atoms with van der Waals surface area (Å²) < 4.78 is 13.6. The van der Waals surface area contributed by atoms with Gasteiger partial charge in [0.1, 0.15) is 24.6 Å². The van der Waals surface area contributed by atoms with Gasteiger partial charge >= 0.3 is 0 Å². The van der Waals surface area contributed by atoms with Crippen molar-refractivity contribution in [2.24, 2.45) is 0 Å². The third-order valence-corrected chi connectivity index (χ3v) is 6.01. The fourth-order valence-corrected chi connectivity index (χ4v) is 4.08. The second kappa shape index (κ2) is 8.60. The van der Waals surface area contributed by atoms with E-state index in [4.69, 9.17) is 15.2 Å². The number of nitrogen functional groups attached to an aromatic ring is 1. The Bertz CT molecular complexity index is 1230. The third-order valence-electron chi connectivity index (χ3n) is 6.01. The summed E-state index contributed by atoms with van der Waals surface area (Å²) in [6.45, 7) is 5.80. The van der Waals surface area contributed by atoms with Gasteiger partial charge in [-0.2, -0.15) is 0 Å². The molecular weight excluding hydrogens is 406 g/mol. The van der Waals surface area contributed by atoms with E-state index in [1.54, 1.807) is 25.8 Å². The van der Waals surface area contributed by atoms with Crippen LogP contribution in [0.25, 0.3) is 27.5 Å². The zero-order valence-corrected chi connectivity index (χ0v) is 18.4. The predicted octanol–water partition coefficient (Wildman–Crippen LogP) is 2.19. The molecule has 1 aliphatic rings. The number of pyridine rings is 2. The number of nitrogens with zero attached hydrogens (tertiary/aromatic N) is 6. The molecule has 5 rings (SSSR count). The number of methoxy groups -OCH3 is 1. The zero-order chi connectivity index (χ0) is 22.1. The topological polar surface area (TPSA) is 94.6 Å². The molecule has 0 spiro atoms. The molecule has 0 atom stereocenters. The molecule has 9 heteroatoms. The summed E-state index contributed by atoms with van der Waals surface area (Å²) in [6.07, 6.45) is 7.01. The van der Waals surface area contributed by atoms with Crippen molar-refractivity contribution >= 4 is 27.5 Å². The Morgan fingerprint density at radius 3 is 2.62 bits per heavy atom. The van der Waals surface area contributed by atoms with E-state index in [1.165, 1.54) is 0 Å². The highest BCUT2D eigenvalue weighted by atomic mass is 16.5. The summed E-state index contributed by atoms with van der Waals surface area (Å²) in [5.41, 5.74) is 7.07. The number of aromatic nitrogens is 4. The van der Waals surface area contributed by atoms with Crippen molar-refractivity contribution in [1.29, 1.82) is 0 Å². The first-order valence-corrected chi connectivity index (χ1v) is 10.7. The maximum absolute atomic E-state index is 6.25. The number of nitrogens with two attached hydrogens (primary N) is 1. The number of likely N-dealkylation sites (N-methyl/N-ethyl adjacent to an activating group) is 1. The van der Waals surface area contributed by atoms with E-state index >= 15 is 0 Å². The van der Waals surface area contributed by atoms with Gasteiger partial charge in [0.2, 0.25) is 0 Å². The van der Waals surface area contributed by atoms with E-state index in [1.807, 2.05) is 29.0 Å². The maximum Gasteiger partial charge on any atom is 0.163 e. The van der Waals surface area contributed by atoms with Crippen LogP contribution in [0.15, 0.2) is 43.1 Å². The number of rotatable bonds is 6. The minimum absolute atomic E-state index is 0.423. The highest BCUT2D eigenvalue weighted by Crippen LogP contribution is 2.36. The van der Waals surface area contributed by atoms with Gasteiger partial charge in [-0.3, -0.25) is 14.5 Å². The molecule has 0 saturated carbocycles. The molecule has 9 nitrogen and oxygen atoms in total. The van der Waals surface area contributed by atoms with Crippen LogP contribution >= 0.6 is 0 Å². The summed E-state index contributed by atoms with van der Waals surface area (Å²) in [5.74, 6) is 2.49. The van der Waals surface area contributed by atoms with Gasteiger partial charge in [0.25, 0.3) is 0 Å². The second-order valence-corrected chi connectivity index (χ2v) is 8.07. The van der Waals surface area contributed by atoms with Crippen molar-refractivity contribution in [2.45, 2.75) is 0 Å². The average Bonchev–Trinajstić information content (AvgIpc) is 3.35. The summed E-state index contributed by atoms with van der Waals surface area (Å²) in [7, 11) is 3.81. The molecule has 1 aliphatic heterocycles. The van der Waals surface area contributed by atoms with E-state index in [9.17, 15) is 0 Å². The van der Waals surface area contributed by atoms with Gasteiger partial charge in [-0.15, -0.1) is 0 Å². The Labute approximate surface area is 186 Å². The Balaban J connectivity index is 1.46. The number of hydrogen-bond acceptors (Lipinski definition) is 8. The van der Waals surface area contributed by atoms with Crippen LogP contribution in [0.2, 0.25) is 0 Å². The molecule has 3 aromatic heterocycles. The van der Waals surface area contributed by atoms with Crippen LogP contribution in [0, 0.1) is 0 Å². The van der Waals surface area contributed by atoms with Gasteiger partial charge in [-0.25, -0.2) is 9.97 Å². The van der Waals surface area contributed by atoms with Gasteiger partial charge < -0.3 is 20.1 Å². The lowest BCUT2D eigenvalue weighted by Crippen LogP contribution is -2.45. The van der Waals surface area contributed by atoms with Crippen LogP contribution in [0.4, 0.5) is 5.82 Å². The molecule has 166 valence electrons. The molecule has 0 unspecified atom stereocenters. The standard InChI is InChI=1S/C23H27N7O2/c1-28-5-7-29(8-6-28)9-10-32-21-13-19-17(11-20(21)31-2)16-12-22(30-4-3-25-15-30)27-23(24)18(16)14-26-19/h3-4,11-15H,5-10H2,1-2H3,(H2,24,27). The Kier molecular flexibility index (Phi) is 5.50. The first-order valence-electron chi connectivity index (χ1n) is 10.7. The number of piperazine rings is 1. The van der Waals surface area contributed by atoms with Gasteiger partial charge in [0.05, 0.1) is 12.6 Å². The number of hydrogen-bond donors (Lipinski definition) is 1. The van der Waals surface area contributed by atoms with E-state index in [2.05, 4.69) is 31.8 Å². The minimum Gasteiger partial charge on any atom is -0.493 e. The molecule has 1 aromatic carbocycles. The number of ether oxygens (including phenoxy) is 2. The van der Waals surface area contributed by atoms with Gasteiger partial charge in [-0.1, -0.05) is 0 Å². The minimum atomic E-state index is 0.423. The SMILES string of the molecule is COc1cc2c(cc1OCCN1CCN(C)CC1)ncc1c(N)nc(-n3ccnc3)cc12. The first kappa shape index (κ1) is 20.5. The van der Waals surface area contributed by atoms with E-state index < -0.39 is 0 Å². The number of imidazole rings is 1. The molecule has 1 fully saturated rings. The van der Waals surface area contributed by atoms with Crippen LogP contribution in [0.5, 0.6) is 11.5 Å². The van der Waals surface area contributed by atoms with Crippen molar-refractivity contribution in [2.75, 3.05) is 59.2 Å². The molecule has 0 amide bonds. The Morgan fingerprint density at radius 1 is 1.03 bits per heavy atom. The molecule has 2 N–H and O–H groups in total. The van der Waals surface area contributed by atoms with Crippen molar-refractivity contribution in [3.63, 3.8) is 0 Å². The van der Waals surface area contributed by atoms with Crippen LogP contribution in [-0.2, 0) is 0 Å². The Hall–Kier alpha value is -3.43. The average molecular weight is 434 g/mol. The number of benzene rings is 1. The third kappa shape index (κ3) is 3.92. The normalized spacial score (nSPS) is 15.4. The number of fused-ring (bicyclic) bond motifs is 3. The first-order chi connectivity index (χ1) is 15.6. The molecule has 1 saturated heterocycles. The fraction of sp³-hybridized carbons (Fsp3) is 0.348. The predicted molar refractivity (Wildman–Crippen MR) is 125 cm³/mol. The van der Waals surface area contributed by atoms with Crippen molar-refractivity contribution in [3.05, 3.63) is 43.1 Å². The smallest absolute Gasteiger partial charge is 0.163 e. The van der Waals surface area contributed by atoms with Crippen molar-refractivity contribution < 1.29 is 9.47 Å². The van der Waals surface area contributed by atoms with Gasteiger partial charge in [-0.05, 0) is 19.2 Å². The monoisotopic (exact) mass is 433 g/mol. The van der Waals surface area contributed by atoms with Crippen molar-refractivity contribution in [3.8, 4) is 17.3 Å². The van der Waals surface area contributed by atoms with Crippen molar-refractivity contribution in [1.82, 2.24) is 29.3 Å². The van der Waals surface area contributed by atoms with Crippen LogP contribution < -0.4 is 15.2 Å². The maximum atomic E-state index is 6.25. The van der Waals surface area contributed by atoms with Gasteiger partial charge in [0.15, 0.2) is 11.5 Å².